The molecular formula is C23H22N10O3. The number of ether oxygens (including phenoxy) is 1. The summed E-state index contributed by atoms with van der Waals surface area (Å²) in [6, 6.07) is 9.09. The third kappa shape index (κ3) is 4.84. The number of imidazole rings is 2. The third-order valence-electron chi connectivity index (χ3n) is 5.20. The Bertz CT molecular complexity index is 1560. The molecule has 0 amide bonds. The van der Waals surface area contributed by atoms with Crippen LogP contribution < -0.4 is 15.4 Å². The predicted octanol–water partition coefficient (Wildman–Crippen LogP) is 3.24. The number of aromatic nitrogens is 8. The number of phenolic OH excluding ortho intramolecular Hbond substituents is 1. The molecule has 0 radical (unpaired) electrons. The molecule has 13 nitrogen and oxygen atoms in total. The molecule has 0 bridgehead atoms. The van der Waals surface area contributed by atoms with Crippen LogP contribution in [0.25, 0.3) is 22.3 Å². The molecule has 0 aliphatic rings. The van der Waals surface area contributed by atoms with Crippen LogP contribution in [0.4, 0.5) is 11.6 Å². The largest absolute Gasteiger partial charge is 0.504 e. The predicted molar refractivity (Wildman–Crippen MR) is 131 cm³/mol. The molecule has 5 heterocycles. The zero-order valence-electron chi connectivity index (χ0n) is 19.1. The molecule has 13 heteroatoms. The van der Waals surface area contributed by atoms with Crippen LogP contribution in [-0.2, 0) is 13.1 Å². The van der Waals surface area contributed by atoms with Gasteiger partial charge in [0.2, 0.25) is 0 Å². The second-order valence-corrected chi connectivity index (χ2v) is 7.40. The fourth-order valence-electron chi connectivity index (χ4n) is 3.44. The first-order valence-electron chi connectivity index (χ1n) is 10.9. The lowest BCUT2D eigenvalue weighted by Crippen LogP contribution is -2.03. The summed E-state index contributed by atoms with van der Waals surface area (Å²) in [5, 5.41) is 16.3. The number of benzene rings is 1. The number of nitrogens with one attached hydrogen (secondary N) is 4. The van der Waals surface area contributed by atoms with Crippen molar-refractivity contribution < 1.29 is 14.3 Å². The number of fused-ring (bicyclic) bond motifs is 2. The first kappa shape index (κ1) is 22.6. The quantitative estimate of drug-likeness (QED) is 0.224. The Labute approximate surface area is 204 Å². The number of phenols is 1. The van der Waals surface area contributed by atoms with Crippen molar-refractivity contribution in [3.63, 3.8) is 0 Å². The molecule has 5 aromatic heterocycles. The topological polar surface area (TPSA) is 176 Å². The summed E-state index contributed by atoms with van der Waals surface area (Å²) < 4.78 is 10.3. The fraction of sp³-hybridized carbons (Fsp3) is 0.130. The second-order valence-electron chi connectivity index (χ2n) is 7.40. The second kappa shape index (κ2) is 10.4. The lowest BCUT2D eigenvalue weighted by atomic mass is 10.2. The minimum absolute atomic E-state index is 0.123. The number of para-hydroxylation sites is 1. The Kier molecular flexibility index (Phi) is 6.51. The average molecular weight is 486 g/mol. The van der Waals surface area contributed by atoms with Gasteiger partial charge < -0.3 is 34.9 Å². The van der Waals surface area contributed by atoms with Gasteiger partial charge >= 0.3 is 0 Å². The SMILES string of the molecule is COc1cccc(CNc2ncnc3nc[nH]c23)c1O.c1coc(CNc2ncnc3nc[nH]c23)c1. The lowest BCUT2D eigenvalue weighted by Gasteiger charge is -2.10. The molecule has 182 valence electrons. The Hall–Kier alpha value is -5.20. The van der Waals surface area contributed by atoms with Crippen molar-refractivity contribution in [2.24, 2.45) is 0 Å². The van der Waals surface area contributed by atoms with Crippen LogP contribution in [0.15, 0.2) is 66.3 Å². The number of anilines is 2. The maximum absolute atomic E-state index is 10.0. The summed E-state index contributed by atoms with van der Waals surface area (Å²) >= 11 is 0. The molecule has 0 spiro atoms. The number of hydrogen-bond acceptors (Lipinski definition) is 11. The van der Waals surface area contributed by atoms with Crippen LogP contribution in [0.5, 0.6) is 11.5 Å². The van der Waals surface area contributed by atoms with Gasteiger partial charge in [-0.25, -0.2) is 29.9 Å². The Balaban J connectivity index is 0.000000152. The molecule has 0 saturated carbocycles. The van der Waals surface area contributed by atoms with E-state index in [2.05, 4.69) is 50.5 Å². The van der Waals surface area contributed by atoms with Gasteiger partial charge in [-0.2, -0.15) is 0 Å². The maximum atomic E-state index is 10.0. The first-order valence-corrected chi connectivity index (χ1v) is 10.9. The van der Waals surface area contributed by atoms with Crippen LogP contribution in [0.2, 0.25) is 0 Å². The molecule has 6 rings (SSSR count). The highest BCUT2D eigenvalue weighted by Gasteiger charge is 2.10. The van der Waals surface area contributed by atoms with E-state index in [0.29, 0.717) is 36.0 Å². The smallest absolute Gasteiger partial charge is 0.182 e. The molecule has 0 saturated heterocycles. The highest BCUT2D eigenvalue weighted by molar-refractivity contribution is 5.82. The van der Waals surface area contributed by atoms with Crippen molar-refractivity contribution in [3.05, 3.63) is 73.2 Å². The summed E-state index contributed by atoms with van der Waals surface area (Å²) in [6.07, 6.45) is 7.72. The minimum atomic E-state index is 0.123. The number of aromatic hydroxyl groups is 1. The fourth-order valence-corrected chi connectivity index (χ4v) is 3.44. The van der Waals surface area contributed by atoms with E-state index in [0.717, 1.165) is 28.2 Å². The molecule has 0 aliphatic heterocycles. The number of nitrogens with zero attached hydrogens (tertiary/aromatic N) is 6. The van der Waals surface area contributed by atoms with Crippen molar-refractivity contribution >= 4 is 34.0 Å². The number of methoxy groups -OCH3 is 1. The number of rotatable bonds is 7. The minimum Gasteiger partial charge on any atom is -0.504 e. The van der Waals surface area contributed by atoms with Crippen LogP contribution in [0.3, 0.4) is 0 Å². The van der Waals surface area contributed by atoms with Crippen LogP contribution >= 0.6 is 0 Å². The van der Waals surface area contributed by atoms with Crippen molar-refractivity contribution in [3.8, 4) is 11.5 Å². The van der Waals surface area contributed by atoms with E-state index in [-0.39, 0.29) is 5.75 Å². The normalized spacial score (nSPS) is 10.7. The summed E-state index contributed by atoms with van der Waals surface area (Å²) in [5.74, 6) is 2.77. The van der Waals surface area contributed by atoms with Gasteiger partial charge in [0.15, 0.2) is 34.4 Å². The van der Waals surface area contributed by atoms with Crippen LogP contribution in [-0.4, -0.2) is 52.1 Å². The molecule has 0 atom stereocenters. The van der Waals surface area contributed by atoms with Crippen molar-refractivity contribution in [1.29, 1.82) is 0 Å². The molecule has 1 aromatic carbocycles. The van der Waals surface area contributed by atoms with Gasteiger partial charge in [0.05, 0.1) is 32.6 Å². The van der Waals surface area contributed by atoms with Crippen molar-refractivity contribution in [2.45, 2.75) is 13.1 Å². The molecule has 0 aliphatic carbocycles. The molecular weight excluding hydrogens is 464 g/mol. The summed E-state index contributed by atoms with van der Waals surface area (Å²) in [5.41, 5.74) is 3.49. The van der Waals surface area contributed by atoms with Gasteiger partial charge in [-0.15, -0.1) is 0 Å². The Morgan fingerprint density at radius 1 is 0.833 bits per heavy atom. The summed E-state index contributed by atoms with van der Waals surface area (Å²) in [4.78, 5) is 30.5. The van der Waals surface area contributed by atoms with E-state index in [9.17, 15) is 5.11 Å². The van der Waals surface area contributed by atoms with Crippen LogP contribution in [0, 0.1) is 0 Å². The van der Waals surface area contributed by atoms with Crippen LogP contribution in [0.1, 0.15) is 11.3 Å². The highest BCUT2D eigenvalue weighted by Crippen LogP contribution is 2.30. The molecule has 6 aromatic rings. The molecule has 0 fully saturated rings. The highest BCUT2D eigenvalue weighted by atomic mass is 16.5. The standard InChI is InChI=1S/C13H13N5O2.C10H9N5O/c1-20-9-4-2-3-8(11(9)19)5-14-12-10-13(16-6-15-10)18-7-17-12;1-2-7(16-3-1)4-11-9-8-10(13-5-12-8)15-6-14-9/h2-4,6-7,19H,5H2,1H3,(H2,14,15,16,17,18);1-3,5-6H,4H2,(H2,11,12,13,14,15). The number of aromatic amines is 2. The Morgan fingerprint density at radius 3 is 2.11 bits per heavy atom. The van der Waals surface area contributed by atoms with Gasteiger partial charge in [0.25, 0.3) is 0 Å². The van der Waals surface area contributed by atoms with E-state index >= 15 is 0 Å². The number of hydrogen-bond donors (Lipinski definition) is 5. The molecule has 0 unspecified atom stereocenters. The molecule has 5 N–H and O–H groups in total. The van der Waals surface area contributed by atoms with E-state index in [1.165, 1.54) is 19.8 Å². The number of H-pyrrole nitrogens is 2. The zero-order valence-corrected chi connectivity index (χ0v) is 19.1. The summed E-state index contributed by atoms with van der Waals surface area (Å²) in [7, 11) is 1.52. The van der Waals surface area contributed by atoms with Crippen molar-refractivity contribution in [2.75, 3.05) is 17.7 Å². The van der Waals surface area contributed by atoms with Gasteiger partial charge in [-0.05, 0) is 18.2 Å². The number of furan rings is 1. The maximum Gasteiger partial charge on any atom is 0.182 e. The first-order chi connectivity index (χ1) is 17.7. The zero-order chi connectivity index (χ0) is 24.7. The van der Waals surface area contributed by atoms with Gasteiger partial charge in [0, 0.05) is 12.1 Å². The lowest BCUT2D eigenvalue weighted by molar-refractivity contribution is 0.371. The van der Waals surface area contributed by atoms with E-state index in [1.54, 1.807) is 25.0 Å². The van der Waals surface area contributed by atoms with Gasteiger partial charge in [0.1, 0.15) is 29.4 Å². The summed E-state index contributed by atoms with van der Waals surface area (Å²) in [6.45, 7) is 0.992. The van der Waals surface area contributed by atoms with E-state index in [1.807, 2.05) is 24.3 Å². The van der Waals surface area contributed by atoms with Gasteiger partial charge in [-0.3, -0.25) is 0 Å². The van der Waals surface area contributed by atoms with E-state index < -0.39 is 0 Å². The van der Waals surface area contributed by atoms with E-state index in [4.69, 9.17) is 9.15 Å². The average Bonchev–Trinajstić information content (AvgIpc) is 3.69. The van der Waals surface area contributed by atoms with Crippen molar-refractivity contribution in [1.82, 2.24) is 39.9 Å². The Morgan fingerprint density at radius 2 is 1.50 bits per heavy atom. The van der Waals surface area contributed by atoms with Gasteiger partial charge in [-0.1, -0.05) is 12.1 Å². The third-order valence-corrected chi connectivity index (χ3v) is 5.20. The molecule has 36 heavy (non-hydrogen) atoms. The monoisotopic (exact) mass is 486 g/mol.